The molecule has 0 bridgehead atoms. The Hall–Kier alpha value is -2.04. The summed E-state index contributed by atoms with van der Waals surface area (Å²) in [5, 5.41) is 6.44. The Morgan fingerprint density at radius 3 is 2.41 bits per heavy atom. The van der Waals surface area contributed by atoms with E-state index in [2.05, 4.69) is 10.6 Å². The van der Waals surface area contributed by atoms with Crippen molar-refractivity contribution < 1.29 is 9.53 Å². The number of carbonyl (C=O) groups is 1. The highest BCUT2D eigenvalue weighted by Gasteiger charge is 2.21. The molecule has 22 heavy (non-hydrogen) atoms. The molecule has 0 saturated carbocycles. The van der Waals surface area contributed by atoms with E-state index in [0.717, 1.165) is 11.1 Å². The molecule has 0 aliphatic rings. The maximum Gasteiger partial charge on any atom is 0.234 e. The zero-order valence-electron chi connectivity index (χ0n) is 12.6. The average molecular weight is 319 g/mol. The fourth-order valence-corrected chi connectivity index (χ4v) is 2.55. The van der Waals surface area contributed by atoms with E-state index in [1.807, 2.05) is 48.5 Å². The van der Waals surface area contributed by atoms with Gasteiger partial charge in [0.15, 0.2) is 0 Å². The summed E-state index contributed by atoms with van der Waals surface area (Å²) in [4.78, 5) is 12.1. The summed E-state index contributed by atoms with van der Waals surface area (Å²) in [6, 6.07) is 14.7. The van der Waals surface area contributed by atoms with Crippen molar-refractivity contribution in [2.75, 3.05) is 20.7 Å². The number of benzene rings is 2. The molecule has 0 spiro atoms. The van der Waals surface area contributed by atoms with Gasteiger partial charge in [-0.15, -0.1) is 0 Å². The maximum absolute atomic E-state index is 12.1. The molecule has 0 radical (unpaired) electrons. The van der Waals surface area contributed by atoms with Gasteiger partial charge < -0.3 is 15.4 Å². The minimum atomic E-state index is -0.370. The molecule has 1 amide bonds. The van der Waals surface area contributed by atoms with Crippen LogP contribution in [0.15, 0.2) is 48.5 Å². The number of hydrogen-bond donors (Lipinski definition) is 2. The molecule has 0 fully saturated rings. The number of ether oxygens (including phenoxy) is 1. The molecule has 2 aromatic rings. The highest BCUT2D eigenvalue weighted by Crippen LogP contribution is 2.33. The van der Waals surface area contributed by atoms with Crippen molar-refractivity contribution in [2.45, 2.75) is 6.04 Å². The second-order valence-corrected chi connectivity index (χ2v) is 5.20. The van der Waals surface area contributed by atoms with Gasteiger partial charge in [-0.25, -0.2) is 0 Å². The summed E-state index contributed by atoms with van der Waals surface area (Å²) in [6.45, 7) is 0.232. The van der Waals surface area contributed by atoms with Crippen molar-refractivity contribution in [1.29, 1.82) is 0 Å². The van der Waals surface area contributed by atoms with Crippen LogP contribution in [-0.2, 0) is 4.79 Å². The molecule has 2 rings (SSSR count). The second kappa shape index (κ2) is 7.82. The lowest BCUT2D eigenvalue weighted by atomic mass is 9.97. The normalized spacial score (nSPS) is 11.8. The molecular weight excluding hydrogens is 300 g/mol. The number of carbonyl (C=O) groups excluding carboxylic acids is 1. The first-order valence-corrected chi connectivity index (χ1v) is 7.36. The van der Waals surface area contributed by atoms with Crippen LogP contribution in [0.4, 0.5) is 0 Å². The number of nitrogens with one attached hydrogen (secondary N) is 2. The highest BCUT2D eigenvalue weighted by molar-refractivity contribution is 6.31. The van der Waals surface area contributed by atoms with Crippen LogP contribution in [-0.4, -0.2) is 26.6 Å². The van der Waals surface area contributed by atoms with Crippen LogP contribution in [0.1, 0.15) is 17.2 Å². The van der Waals surface area contributed by atoms with Gasteiger partial charge in [-0.2, -0.15) is 0 Å². The van der Waals surface area contributed by atoms with Crippen LogP contribution < -0.4 is 15.4 Å². The zero-order chi connectivity index (χ0) is 15.9. The molecule has 116 valence electrons. The number of amides is 1. The maximum atomic E-state index is 12.1. The topological polar surface area (TPSA) is 50.4 Å². The second-order valence-electron chi connectivity index (χ2n) is 4.79. The van der Waals surface area contributed by atoms with Gasteiger partial charge in [0.25, 0.3) is 0 Å². The Kier molecular flexibility index (Phi) is 5.81. The first-order chi connectivity index (χ1) is 10.7. The lowest BCUT2D eigenvalue weighted by Gasteiger charge is -2.22. The van der Waals surface area contributed by atoms with E-state index in [0.29, 0.717) is 10.8 Å². The number of halogens is 1. The van der Waals surface area contributed by atoms with E-state index in [1.165, 1.54) is 0 Å². The molecule has 5 heteroatoms. The van der Waals surface area contributed by atoms with Gasteiger partial charge >= 0.3 is 0 Å². The molecule has 0 aliphatic carbocycles. The molecule has 0 saturated heterocycles. The summed E-state index contributed by atoms with van der Waals surface area (Å²) in [7, 11) is 3.34. The van der Waals surface area contributed by atoms with Gasteiger partial charge in [-0.05, 0) is 24.7 Å². The SMILES string of the molecule is CNCC(=O)NC(c1ccccc1Cl)c1ccccc1OC. The Morgan fingerprint density at radius 2 is 1.77 bits per heavy atom. The zero-order valence-corrected chi connectivity index (χ0v) is 13.4. The van der Waals surface area contributed by atoms with Gasteiger partial charge in [-0.1, -0.05) is 48.0 Å². The summed E-state index contributed by atoms with van der Waals surface area (Å²) in [5.74, 6) is 0.593. The van der Waals surface area contributed by atoms with E-state index >= 15 is 0 Å². The molecule has 0 aromatic heterocycles. The number of para-hydroxylation sites is 1. The van der Waals surface area contributed by atoms with Crippen molar-refractivity contribution >= 4 is 17.5 Å². The third kappa shape index (κ3) is 3.78. The predicted octanol–water partition coefficient (Wildman–Crippen LogP) is 2.77. The molecule has 1 unspecified atom stereocenters. The van der Waals surface area contributed by atoms with E-state index < -0.39 is 0 Å². The lowest BCUT2D eigenvalue weighted by Crippen LogP contribution is -2.35. The van der Waals surface area contributed by atoms with Crippen LogP contribution in [0.2, 0.25) is 5.02 Å². The number of methoxy groups -OCH3 is 1. The largest absolute Gasteiger partial charge is 0.496 e. The third-order valence-corrected chi connectivity index (χ3v) is 3.65. The van der Waals surface area contributed by atoms with Crippen molar-refractivity contribution in [1.82, 2.24) is 10.6 Å². The Morgan fingerprint density at radius 1 is 1.14 bits per heavy atom. The summed E-state index contributed by atoms with van der Waals surface area (Å²) >= 11 is 6.32. The summed E-state index contributed by atoms with van der Waals surface area (Å²) < 4.78 is 5.42. The lowest BCUT2D eigenvalue weighted by molar-refractivity contribution is -0.120. The Bertz CT molecular complexity index is 646. The van der Waals surface area contributed by atoms with Crippen LogP contribution in [0.25, 0.3) is 0 Å². The minimum absolute atomic E-state index is 0.113. The van der Waals surface area contributed by atoms with Gasteiger partial charge in [0, 0.05) is 10.6 Å². The van der Waals surface area contributed by atoms with Crippen molar-refractivity contribution in [3.63, 3.8) is 0 Å². The van der Waals surface area contributed by atoms with Crippen LogP contribution in [0.3, 0.4) is 0 Å². The third-order valence-electron chi connectivity index (χ3n) is 3.31. The Balaban J connectivity index is 2.46. The van der Waals surface area contributed by atoms with Gasteiger partial charge in [0.2, 0.25) is 5.91 Å². The van der Waals surface area contributed by atoms with E-state index in [4.69, 9.17) is 16.3 Å². The average Bonchev–Trinajstić information content (AvgIpc) is 2.54. The van der Waals surface area contributed by atoms with Crippen molar-refractivity contribution in [3.05, 3.63) is 64.7 Å². The van der Waals surface area contributed by atoms with E-state index in [-0.39, 0.29) is 18.5 Å². The van der Waals surface area contributed by atoms with Crippen molar-refractivity contribution in [2.24, 2.45) is 0 Å². The fraction of sp³-hybridized carbons (Fsp3) is 0.235. The highest BCUT2D eigenvalue weighted by atomic mass is 35.5. The number of hydrogen-bond acceptors (Lipinski definition) is 3. The molecule has 2 N–H and O–H groups in total. The molecule has 1 atom stereocenters. The summed E-state index contributed by atoms with van der Waals surface area (Å²) in [6.07, 6.45) is 0. The molecule has 2 aromatic carbocycles. The molecular formula is C17H19ClN2O2. The monoisotopic (exact) mass is 318 g/mol. The van der Waals surface area contributed by atoms with Crippen LogP contribution >= 0.6 is 11.6 Å². The van der Waals surface area contributed by atoms with Crippen LogP contribution in [0, 0.1) is 0 Å². The van der Waals surface area contributed by atoms with Gasteiger partial charge in [-0.3, -0.25) is 4.79 Å². The Labute approximate surface area is 135 Å². The van der Waals surface area contributed by atoms with E-state index in [1.54, 1.807) is 14.2 Å². The molecule has 0 aliphatic heterocycles. The molecule has 0 heterocycles. The standard InChI is InChI=1S/C17H19ClN2O2/c1-19-11-16(21)20-17(12-7-3-5-9-14(12)18)13-8-4-6-10-15(13)22-2/h3-10,17,19H,11H2,1-2H3,(H,20,21). The smallest absolute Gasteiger partial charge is 0.234 e. The fourth-order valence-electron chi connectivity index (χ4n) is 2.31. The van der Waals surface area contributed by atoms with Crippen molar-refractivity contribution in [3.8, 4) is 5.75 Å². The van der Waals surface area contributed by atoms with E-state index in [9.17, 15) is 4.79 Å². The van der Waals surface area contributed by atoms with Gasteiger partial charge in [0.1, 0.15) is 5.75 Å². The van der Waals surface area contributed by atoms with Gasteiger partial charge in [0.05, 0.1) is 19.7 Å². The van der Waals surface area contributed by atoms with Crippen LogP contribution in [0.5, 0.6) is 5.75 Å². The number of rotatable bonds is 6. The minimum Gasteiger partial charge on any atom is -0.496 e. The first kappa shape index (κ1) is 16.3. The quantitative estimate of drug-likeness (QED) is 0.861. The predicted molar refractivity (Wildman–Crippen MR) is 88.4 cm³/mol. The molecule has 4 nitrogen and oxygen atoms in total. The first-order valence-electron chi connectivity index (χ1n) is 6.98. The number of likely N-dealkylation sites (N-methyl/N-ethyl adjacent to an activating group) is 1. The summed E-state index contributed by atoms with van der Waals surface area (Å²) in [5.41, 5.74) is 1.70.